The Labute approximate surface area is 186 Å². The highest BCUT2D eigenvalue weighted by Crippen LogP contribution is 2.29. The molecule has 9 heteroatoms. The van der Waals surface area contributed by atoms with E-state index in [1.54, 1.807) is 42.5 Å². The number of nitrogens with one attached hydrogen (secondary N) is 1. The number of carboxylic acid groups (broad SMARTS) is 1. The summed E-state index contributed by atoms with van der Waals surface area (Å²) in [6.07, 6.45) is 1.49. The number of hydrazone groups is 1. The molecule has 2 aromatic carbocycles. The third-order valence-electron chi connectivity index (χ3n) is 4.01. The van der Waals surface area contributed by atoms with Crippen molar-refractivity contribution in [2.75, 3.05) is 6.61 Å². The van der Waals surface area contributed by atoms with Crippen molar-refractivity contribution in [3.05, 3.63) is 81.7 Å². The Morgan fingerprint density at radius 1 is 1.13 bits per heavy atom. The van der Waals surface area contributed by atoms with Crippen molar-refractivity contribution in [2.45, 2.75) is 13.5 Å². The van der Waals surface area contributed by atoms with Gasteiger partial charge >= 0.3 is 5.97 Å². The van der Waals surface area contributed by atoms with E-state index in [0.29, 0.717) is 39.5 Å². The highest BCUT2D eigenvalue weighted by Gasteiger charge is 2.12. The first-order valence-corrected chi connectivity index (χ1v) is 10.1. The SMILES string of the molecule is CCOc1cc(C=NNC(=O)c2ccccc2Br)ccc1OCc1ccc(C(=O)O)o1. The Hall–Kier alpha value is -3.59. The molecule has 0 unspecified atom stereocenters. The lowest BCUT2D eigenvalue weighted by molar-refractivity contribution is 0.0657. The van der Waals surface area contributed by atoms with Gasteiger partial charge in [0.25, 0.3) is 5.91 Å². The van der Waals surface area contributed by atoms with Gasteiger partial charge in [-0.3, -0.25) is 4.79 Å². The number of carbonyl (C=O) groups is 2. The van der Waals surface area contributed by atoms with Crippen LogP contribution in [0, 0.1) is 0 Å². The molecule has 160 valence electrons. The Morgan fingerprint density at radius 3 is 2.65 bits per heavy atom. The number of carboxylic acids is 1. The normalized spacial score (nSPS) is 10.8. The molecular weight excluding hydrogens is 468 g/mol. The summed E-state index contributed by atoms with van der Waals surface area (Å²) < 4.78 is 17.2. The zero-order chi connectivity index (χ0) is 22.2. The minimum Gasteiger partial charge on any atom is -0.490 e. The number of halogens is 1. The minimum atomic E-state index is -1.14. The molecule has 0 aliphatic heterocycles. The van der Waals surface area contributed by atoms with E-state index in [0.717, 1.165) is 0 Å². The first-order chi connectivity index (χ1) is 15.0. The summed E-state index contributed by atoms with van der Waals surface area (Å²) in [5.74, 6) is -0.317. The number of hydrogen-bond donors (Lipinski definition) is 2. The van der Waals surface area contributed by atoms with Crippen molar-refractivity contribution < 1.29 is 28.6 Å². The number of nitrogens with zero attached hydrogens (tertiary/aromatic N) is 1. The molecular formula is C22H19BrN2O6. The fraction of sp³-hybridized carbons (Fsp3) is 0.136. The lowest BCUT2D eigenvalue weighted by Gasteiger charge is -2.11. The second kappa shape index (κ2) is 10.4. The number of carbonyl (C=O) groups excluding carboxylic acids is 1. The van der Waals surface area contributed by atoms with Crippen LogP contribution in [0.1, 0.15) is 39.2 Å². The second-order valence-electron chi connectivity index (χ2n) is 6.18. The molecule has 1 heterocycles. The molecule has 0 fully saturated rings. The van der Waals surface area contributed by atoms with E-state index in [1.807, 2.05) is 13.0 Å². The Kier molecular flexibility index (Phi) is 7.45. The smallest absolute Gasteiger partial charge is 0.371 e. The van der Waals surface area contributed by atoms with E-state index in [1.165, 1.54) is 12.3 Å². The molecule has 0 saturated heterocycles. The average Bonchev–Trinajstić information content (AvgIpc) is 3.23. The van der Waals surface area contributed by atoms with Gasteiger partial charge in [-0.05, 0) is 70.9 Å². The van der Waals surface area contributed by atoms with Gasteiger partial charge in [0, 0.05) is 4.47 Å². The first-order valence-electron chi connectivity index (χ1n) is 9.27. The monoisotopic (exact) mass is 486 g/mol. The van der Waals surface area contributed by atoms with Crippen LogP contribution < -0.4 is 14.9 Å². The van der Waals surface area contributed by atoms with Crippen LogP contribution in [0.2, 0.25) is 0 Å². The number of rotatable bonds is 9. The second-order valence-corrected chi connectivity index (χ2v) is 7.03. The van der Waals surface area contributed by atoms with Crippen molar-refractivity contribution in [3.8, 4) is 11.5 Å². The summed E-state index contributed by atoms with van der Waals surface area (Å²) >= 11 is 3.33. The van der Waals surface area contributed by atoms with Crippen molar-refractivity contribution in [1.29, 1.82) is 0 Å². The number of furan rings is 1. The van der Waals surface area contributed by atoms with Crippen molar-refractivity contribution in [1.82, 2.24) is 5.43 Å². The Morgan fingerprint density at radius 2 is 1.94 bits per heavy atom. The van der Waals surface area contributed by atoms with Gasteiger partial charge in [0.1, 0.15) is 12.4 Å². The predicted octanol–water partition coefficient (Wildman–Crippen LogP) is 4.48. The minimum absolute atomic E-state index is 0.0444. The fourth-order valence-corrected chi connectivity index (χ4v) is 3.05. The highest BCUT2D eigenvalue weighted by molar-refractivity contribution is 9.10. The lowest BCUT2D eigenvalue weighted by Crippen LogP contribution is -2.18. The molecule has 1 aromatic heterocycles. The van der Waals surface area contributed by atoms with E-state index in [9.17, 15) is 9.59 Å². The van der Waals surface area contributed by atoms with Gasteiger partial charge < -0.3 is 19.0 Å². The van der Waals surface area contributed by atoms with Crippen LogP contribution in [-0.4, -0.2) is 29.8 Å². The third-order valence-corrected chi connectivity index (χ3v) is 4.70. The molecule has 31 heavy (non-hydrogen) atoms. The summed E-state index contributed by atoms with van der Waals surface area (Å²) in [7, 11) is 0. The molecule has 3 aromatic rings. The Balaban J connectivity index is 1.66. The van der Waals surface area contributed by atoms with E-state index < -0.39 is 5.97 Å². The van der Waals surface area contributed by atoms with Gasteiger partial charge in [-0.1, -0.05) is 12.1 Å². The molecule has 8 nitrogen and oxygen atoms in total. The van der Waals surface area contributed by atoms with Crippen LogP contribution in [0.25, 0.3) is 0 Å². The number of aromatic carboxylic acids is 1. The van der Waals surface area contributed by atoms with E-state index >= 15 is 0 Å². The van der Waals surface area contributed by atoms with E-state index in [2.05, 4.69) is 26.5 Å². The molecule has 0 atom stereocenters. The zero-order valence-electron chi connectivity index (χ0n) is 16.5. The van der Waals surface area contributed by atoms with Gasteiger partial charge in [0.15, 0.2) is 11.5 Å². The van der Waals surface area contributed by atoms with E-state index in [-0.39, 0.29) is 18.3 Å². The van der Waals surface area contributed by atoms with Crippen LogP contribution in [0.15, 0.2) is 68.6 Å². The summed E-state index contributed by atoms with van der Waals surface area (Å²) in [5, 5.41) is 12.9. The van der Waals surface area contributed by atoms with Gasteiger partial charge in [-0.25, -0.2) is 10.2 Å². The van der Waals surface area contributed by atoms with Crippen molar-refractivity contribution in [3.63, 3.8) is 0 Å². The largest absolute Gasteiger partial charge is 0.490 e. The predicted molar refractivity (Wildman–Crippen MR) is 117 cm³/mol. The van der Waals surface area contributed by atoms with Gasteiger partial charge in [-0.2, -0.15) is 5.10 Å². The number of benzene rings is 2. The molecule has 0 bridgehead atoms. The number of amides is 1. The molecule has 2 N–H and O–H groups in total. The first kappa shape index (κ1) is 22.1. The standard InChI is InChI=1S/C22H19BrN2O6/c1-2-29-20-11-14(12-24-25-21(26)16-5-3-4-6-17(16)23)7-9-18(20)30-13-15-8-10-19(31-15)22(27)28/h3-12H,2,13H2,1H3,(H,25,26)(H,27,28). The molecule has 1 amide bonds. The van der Waals surface area contributed by atoms with Gasteiger partial charge in [0.05, 0.1) is 18.4 Å². The topological polar surface area (TPSA) is 110 Å². The van der Waals surface area contributed by atoms with Gasteiger partial charge in [0.2, 0.25) is 5.76 Å². The van der Waals surface area contributed by atoms with Crippen molar-refractivity contribution in [2.24, 2.45) is 5.10 Å². The van der Waals surface area contributed by atoms with Crippen LogP contribution in [0.4, 0.5) is 0 Å². The molecule has 0 saturated carbocycles. The molecule has 0 radical (unpaired) electrons. The molecule has 0 aliphatic rings. The Bertz CT molecular complexity index is 1110. The molecule has 0 aliphatic carbocycles. The molecule has 0 spiro atoms. The van der Waals surface area contributed by atoms with Crippen LogP contribution >= 0.6 is 15.9 Å². The van der Waals surface area contributed by atoms with Crippen LogP contribution in [0.5, 0.6) is 11.5 Å². The molecule has 3 rings (SSSR count). The van der Waals surface area contributed by atoms with Crippen LogP contribution in [-0.2, 0) is 6.61 Å². The number of hydrogen-bond acceptors (Lipinski definition) is 6. The highest BCUT2D eigenvalue weighted by atomic mass is 79.9. The lowest BCUT2D eigenvalue weighted by atomic mass is 10.2. The fourth-order valence-electron chi connectivity index (χ4n) is 2.58. The van der Waals surface area contributed by atoms with Gasteiger partial charge in [-0.15, -0.1) is 0 Å². The van der Waals surface area contributed by atoms with E-state index in [4.69, 9.17) is 19.0 Å². The summed E-state index contributed by atoms with van der Waals surface area (Å²) in [6, 6.07) is 15.1. The average molecular weight is 487 g/mol. The summed E-state index contributed by atoms with van der Waals surface area (Å²) in [4.78, 5) is 23.1. The van der Waals surface area contributed by atoms with Crippen LogP contribution in [0.3, 0.4) is 0 Å². The summed E-state index contributed by atoms with van der Waals surface area (Å²) in [5.41, 5.74) is 3.64. The number of ether oxygens (including phenoxy) is 2. The third kappa shape index (κ3) is 5.95. The maximum Gasteiger partial charge on any atom is 0.371 e. The maximum absolute atomic E-state index is 12.2. The summed E-state index contributed by atoms with van der Waals surface area (Å²) in [6.45, 7) is 2.30. The van der Waals surface area contributed by atoms with Crippen molar-refractivity contribution >= 4 is 34.0 Å². The quantitative estimate of drug-likeness (QED) is 0.340. The zero-order valence-corrected chi connectivity index (χ0v) is 18.1. The maximum atomic E-state index is 12.2.